The molecule has 0 bridgehead atoms. The van der Waals surface area contributed by atoms with Crippen molar-refractivity contribution in [3.63, 3.8) is 0 Å². The van der Waals surface area contributed by atoms with Crippen molar-refractivity contribution in [2.24, 2.45) is 5.92 Å². The maximum absolute atomic E-state index is 12.6. The van der Waals surface area contributed by atoms with Crippen molar-refractivity contribution >= 4 is 11.6 Å². The Morgan fingerprint density at radius 2 is 2.14 bits per heavy atom. The molecule has 28 heavy (non-hydrogen) atoms. The molecule has 1 N–H and O–H groups in total. The molecule has 1 unspecified atom stereocenters. The number of likely N-dealkylation sites (tertiary alicyclic amines) is 1. The largest absolute Gasteiger partial charge is 0.493 e. The van der Waals surface area contributed by atoms with E-state index in [2.05, 4.69) is 41.3 Å². The van der Waals surface area contributed by atoms with Crippen molar-refractivity contribution in [3.8, 4) is 5.75 Å². The third-order valence-corrected chi connectivity index (χ3v) is 5.39. The molecule has 6 nitrogen and oxygen atoms in total. The number of nitrogens with one attached hydrogen (secondary N) is 1. The van der Waals surface area contributed by atoms with Crippen molar-refractivity contribution in [1.82, 2.24) is 14.7 Å². The number of aryl methyl sites for hydroxylation is 3. The number of carbonyl (C=O) groups is 1. The zero-order valence-corrected chi connectivity index (χ0v) is 17.5. The smallest absolute Gasteiger partial charge is 0.238 e. The van der Waals surface area contributed by atoms with Crippen LogP contribution in [0.3, 0.4) is 0 Å². The van der Waals surface area contributed by atoms with Crippen LogP contribution in [-0.4, -0.2) is 46.8 Å². The summed E-state index contributed by atoms with van der Waals surface area (Å²) in [5.74, 6) is 1.41. The highest BCUT2D eigenvalue weighted by Gasteiger charge is 2.23. The fourth-order valence-corrected chi connectivity index (χ4v) is 3.92. The topological polar surface area (TPSA) is 59.4 Å². The lowest BCUT2D eigenvalue weighted by Gasteiger charge is -2.32. The number of rotatable bonds is 7. The third kappa shape index (κ3) is 5.13. The predicted molar refractivity (Wildman–Crippen MR) is 112 cm³/mol. The zero-order valence-electron chi connectivity index (χ0n) is 17.5. The number of nitrogens with zero attached hydrogens (tertiary/aromatic N) is 3. The number of hydrogen-bond donors (Lipinski definition) is 1. The monoisotopic (exact) mass is 384 g/mol. The van der Waals surface area contributed by atoms with Crippen LogP contribution in [0, 0.1) is 26.7 Å². The third-order valence-electron chi connectivity index (χ3n) is 5.39. The number of hydrogen-bond acceptors (Lipinski definition) is 4. The van der Waals surface area contributed by atoms with Gasteiger partial charge >= 0.3 is 0 Å². The Bertz CT molecular complexity index is 815. The Morgan fingerprint density at radius 3 is 2.86 bits per heavy atom. The van der Waals surface area contributed by atoms with Gasteiger partial charge in [0.2, 0.25) is 5.91 Å². The lowest BCUT2D eigenvalue weighted by molar-refractivity contribution is -0.117. The molecule has 1 aromatic heterocycles. The molecule has 0 spiro atoms. The minimum atomic E-state index is 0.0297. The van der Waals surface area contributed by atoms with Crippen LogP contribution in [0.2, 0.25) is 0 Å². The van der Waals surface area contributed by atoms with E-state index in [-0.39, 0.29) is 5.91 Å². The first-order chi connectivity index (χ1) is 13.5. The first kappa shape index (κ1) is 20.4. The Balaban J connectivity index is 1.50. The first-order valence-corrected chi connectivity index (χ1v) is 10.2. The van der Waals surface area contributed by atoms with Crippen LogP contribution < -0.4 is 10.1 Å². The minimum Gasteiger partial charge on any atom is -0.493 e. The molecule has 3 rings (SSSR count). The summed E-state index contributed by atoms with van der Waals surface area (Å²) in [5.41, 5.74) is 3.94. The van der Waals surface area contributed by atoms with E-state index in [4.69, 9.17) is 4.74 Å². The minimum absolute atomic E-state index is 0.0297. The summed E-state index contributed by atoms with van der Waals surface area (Å²) >= 11 is 0. The molecular formula is C22H32N4O2. The van der Waals surface area contributed by atoms with Crippen LogP contribution in [0.5, 0.6) is 5.75 Å². The maximum atomic E-state index is 12.6. The molecule has 2 aromatic rings. The summed E-state index contributed by atoms with van der Waals surface area (Å²) in [5, 5.41) is 7.54. The summed E-state index contributed by atoms with van der Waals surface area (Å²) in [4.78, 5) is 14.8. The van der Waals surface area contributed by atoms with Gasteiger partial charge in [-0.05, 0) is 64.8 Å². The Hall–Kier alpha value is -2.34. The molecule has 1 aromatic carbocycles. The van der Waals surface area contributed by atoms with E-state index < -0.39 is 0 Å². The summed E-state index contributed by atoms with van der Waals surface area (Å²) in [6.45, 7) is 11.8. The van der Waals surface area contributed by atoms with Crippen molar-refractivity contribution in [2.75, 3.05) is 31.6 Å². The number of piperidine rings is 1. The average Bonchev–Trinajstić information content (AvgIpc) is 2.94. The number of aromatic nitrogens is 2. The van der Waals surface area contributed by atoms with E-state index in [0.717, 1.165) is 55.3 Å². The quantitative estimate of drug-likeness (QED) is 0.793. The van der Waals surface area contributed by atoms with Gasteiger partial charge in [0.15, 0.2) is 0 Å². The molecule has 1 aliphatic rings. The number of benzene rings is 1. The molecule has 152 valence electrons. The van der Waals surface area contributed by atoms with Gasteiger partial charge in [-0.25, -0.2) is 0 Å². The lowest BCUT2D eigenvalue weighted by Crippen LogP contribution is -2.42. The van der Waals surface area contributed by atoms with Gasteiger partial charge in [-0.2, -0.15) is 5.10 Å². The van der Waals surface area contributed by atoms with Crippen molar-refractivity contribution < 1.29 is 9.53 Å². The van der Waals surface area contributed by atoms with E-state index in [9.17, 15) is 4.79 Å². The molecule has 0 radical (unpaired) electrons. The summed E-state index contributed by atoms with van der Waals surface area (Å²) in [7, 11) is 0. The molecule has 1 amide bonds. The van der Waals surface area contributed by atoms with Gasteiger partial charge in [-0.3, -0.25) is 14.4 Å². The predicted octanol–water partition coefficient (Wildman–Crippen LogP) is 3.56. The number of carbonyl (C=O) groups excluding carboxylic acids is 1. The molecule has 6 heteroatoms. The van der Waals surface area contributed by atoms with Gasteiger partial charge in [-0.15, -0.1) is 0 Å². The fraction of sp³-hybridized carbons (Fsp3) is 0.545. The Labute approximate surface area is 167 Å². The first-order valence-electron chi connectivity index (χ1n) is 10.2. The Kier molecular flexibility index (Phi) is 6.73. The van der Waals surface area contributed by atoms with E-state index in [1.54, 1.807) is 0 Å². The highest BCUT2D eigenvalue weighted by molar-refractivity contribution is 5.93. The fourth-order valence-electron chi connectivity index (χ4n) is 3.92. The summed E-state index contributed by atoms with van der Waals surface area (Å²) in [6, 6.07) is 8.16. The molecule has 1 atom stereocenters. The van der Waals surface area contributed by atoms with E-state index in [0.29, 0.717) is 19.1 Å². The second-order valence-electron chi connectivity index (χ2n) is 7.78. The van der Waals surface area contributed by atoms with E-state index in [1.165, 1.54) is 5.56 Å². The molecule has 2 heterocycles. The van der Waals surface area contributed by atoms with Crippen LogP contribution in [0.15, 0.2) is 24.3 Å². The van der Waals surface area contributed by atoms with Gasteiger partial charge in [0.05, 0.1) is 30.2 Å². The van der Waals surface area contributed by atoms with Gasteiger partial charge in [-0.1, -0.05) is 12.1 Å². The molecule has 1 aliphatic heterocycles. The highest BCUT2D eigenvalue weighted by atomic mass is 16.5. The number of amides is 1. The standard InChI is InChI=1S/C22H32N4O2/c1-5-26-18(4)22(17(3)24-26)23-21(27)14-25-11-7-9-19(13-25)15-28-20-10-6-8-16(2)12-20/h6,8,10,12,19H,5,7,9,11,13-15H2,1-4H3,(H,23,27). The lowest BCUT2D eigenvalue weighted by atomic mass is 9.99. The van der Waals surface area contributed by atoms with E-state index in [1.807, 2.05) is 30.7 Å². The van der Waals surface area contributed by atoms with Gasteiger partial charge < -0.3 is 10.1 Å². The van der Waals surface area contributed by atoms with Crippen LogP contribution in [0.25, 0.3) is 0 Å². The highest BCUT2D eigenvalue weighted by Crippen LogP contribution is 2.21. The zero-order chi connectivity index (χ0) is 20.1. The molecular weight excluding hydrogens is 352 g/mol. The van der Waals surface area contributed by atoms with Crippen molar-refractivity contribution in [1.29, 1.82) is 0 Å². The van der Waals surface area contributed by atoms with E-state index >= 15 is 0 Å². The molecule has 1 fully saturated rings. The average molecular weight is 385 g/mol. The van der Waals surface area contributed by atoms with Crippen LogP contribution in [0.1, 0.15) is 36.7 Å². The number of anilines is 1. The normalized spacial score (nSPS) is 17.5. The van der Waals surface area contributed by atoms with Gasteiger partial charge in [0.1, 0.15) is 5.75 Å². The number of ether oxygens (including phenoxy) is 1. The van der Waals surface area contributed by atoms with Gasteiger partial charge in [0.25, 0.3) is 0 Å². The van der Waals surface area contributed by atoms with Crippen LogP contribution in [0.4, 0.5) is 5.69 Å². The van der Waals surface area contributed by atoms with Crippen LogP contribution in [-0.2, 0) is 11.3 Å². The summed E-state index contributed by atoms with van der Waals surface area (Å²) in [6.07, 6.45) is 2.24. The maximum Gasteiger partial charge on any atom is 0.238 e. The van der Waals surface area contributed by atoms with Crippen LogP contribution >= 0.6 is 0 Å². The van der Waals surface area contributed by atoms with Crippen molar-refractivity contribution in [3.05, 3.63) is 41.2 Å². The van der Waals surface area contributed by atoms with Gasteiger partial charge in [0, 0.05) is 19.0 Å². The Morgan fingerprint density at radius 1 is 1.32 bits per heavy atom. The second-order valence-corrected chi connectivity index (χ2v) is 7.78. The second kappa shape index (κ2) is 9.24. The molecule has 0 aliphatic carbocycles. The SMILES string of the molecule is CCn1nc(C)c(NC(=O)CN2CCCC(COc3cccc(C)c3)C2)c1C. The molecule has 0 saturated carbocycles. The molecule has 1 saturated heterocycles. The summed E-state index contributed by atoms with van der Waals surface area (Å²) < 4.78 is 7.90. The van der Waals surface area contributed by atoms with Crippen molar-refractivity contribution in [2.45, 2.75) is 47.1 Å².